The zero-order valence-corrected chi connectivity index (χ0v) is 14.7. The number of thiazole rings is 1. The van der Waals surface area contributed by atoms with E-state index in [0.29, 0.717) is 16.2 Å². The molecule has 0 radical (unpaired) electrons. The van der Waals surface area contributed by atoms with E-state index < -0.39 is 0 Å². The molecule has 0 unspecified atom stereocenters. The van der Waals surface area contributed by atoms with Crippen LogP contribution in [0.5, 0.6) is 11.5 Å². The summed E-state index contributed by atoms with van der Waals surface area (Å²) in [5, 5.41) is 1.87. The average Bonchev–Trinajstić information content (AvgIpc) is 3.21. The van der Waals surface area contributed by atoms with Crippen LogP contribution in [0.2, 0.25) is 0 Å². The summed E-state index contributed by atoms with van der Waals surface area (Å²) < 4.78 is 13.8. The second-order valence-corrected chi connectivity index (χ2v) is 6.60. The number of fused-ring (bicyclic) bond motifs is 1. The molecule has 2 aromatic heterocycles. The van der Waals surface area contributed by atoms with E-state index >= 15 is 0 Å². The van der Waals surface area contributed by atoms with Crippen LogP contribution in [0.1, 0.15) is 16.6 Å². The van der Waals surface area contributed by atoms with Crippen molar-refractivity contribution in [3.05, 3.63) is 39.3 Å². The molecule has 0 saturated carbocycles. The number of thiophene rings is 1. The lowest BCUT2D eigenvalue weighted by Crippen LogP contribution is -2.15. The Labute approximate surface area is 141 Å². The van der Waals surface area contributed by atoms with Crippen LogP contribution in [0, 0.1) is 0 Å². The van der Waals surface area contributed by atoms with Crippen molar-refractivity contribution in [3.63, 3.8) is 0 Å². The molecule has 0 fully saturated rings. The fraction of sp³-hybridized carbons (Fsp3) is 0.250. The second kappa shape index (κ2) is 6.55. The summed E-state index contributed by atoms with van der Waals surface area (Å²) in [5.74, 6) is 1.26. The van der Waals surface area contributed by atoms with Crippen molar-refractivity contribution in [1.29, 1.82) is 0 Å². The minimum absolute atomic E-state index is 0.230. The molecule has 1 aromatic carbocycles. The molecule has 120 valence electrons. The average molecular weight is 348 g/mol. The number of carbonyl (C=O) groups is 1. The molecule has 0 N–H and O–H groups in total. The third kappa shape index (κ3) is 2.77. The van der Waals surface area contributed by atoms with E-state index in [1.165, 1.54) is 22.7 Å². The van der Waals surface area contributed by atoms with Gasteiger partial charge in [-0.3, -0.25) is 4.79 Å². The highest BCUT2D eigenvalue weighted by atomic mass is 32.1. The van der Waals surface area contributed by atoms with E-state index in [1.807, 2.05) is 35.1 Å². The standard InChI is InChI=1S/C16H16N2O3S2/c1-4-18-13-10(20-2)7-8-11(21-3)14(13)23-16(18)17-15(19)12-6-5-9-22-12/h5-9H,4H2,1-3H3. The Bertz CT molecular complexity index is 907. The van der Waals surface area contributed by atoms with Crippen molar-refractivity contribution < 1.29 is 14.3 Å². The minimum atomic E-state index is -0.230. The van der Waals surface area contributed by atoms with Crippen LogP contribution >= 0.6 is 22.7 Å². The molecule has 1 amide bonds. The van der Waals surface area contributed by atoms with Crippen molar-refractivity contribution >= 4 is 38.8 Å². The third-order valence-corrected chi connectivity index (χ3v) is 5.39. The molecule has 2 heterocycles. The van der Waals surface area contributed by atoms with E-state index in [-0.39, 0.29) is 5.91 Å². The maximum absolute atomic E-state index is 12.3. The fourth-order valence-corrected chi connectivity index (χ4v) is 4.18. The first-order valence-corrected chi connectivity index (χ1v) is 8.76. The Hall–Kier alpha value is -2.12. The molecule has 0 saturated heterocycles. The van der Waals surface area contributed by atoms with Crippen molar-refractivity contribution in [2.24, 2.45) is 4.99 Å². The predicted molar refractivity (Wildman–Crippen MR) is 92.8 cm³/mol. The highest BCUT2D eigenvalue weighted by Crippen LogP contribution is 2.35. The third-order valence-electron chi connectivity index (χ3n) is 3.44. The van der Waals surface area contributed by atoms with Crippen molar-refractivity contribution in [2.45, 2.75) is 13.5 Å². The minimum Gasteiger partial charge on any atom is -0.495 e. The lowest BCUT2D eigenvalue weighted by atomic mass is 10.3. The Morgan fingerprint density at radius 2 is 1.96 bits per heavy atom. The molecule has 3 rings (SSSR count). The van der Waals surface area contributed by atoms with Crippen molar-refractivity contribution in [3.8, 4) is 11.5 Å². The molecule has 0 atom stereocenters. The monoisotopic (exact) mass is 348 g/mol. The normalized spacial score (nSPS) is 11.9. The van der Waals surface area contributed by atoms with Crippen LogP contribution in [0.3, 0.4) is 0 Å². The van der Waals surface area contributed by atoms with Crippen LogP contribution in [0.15, 0.2) is 34.6 Å². The van der Waals surface area contributed by atoms with Gasteiger partial charge in [0.1, 0.15) is 21.7 Å². The second-order valence-electron chi connectivity index (χ2n) is 4.67. The molecule has 0 spiro atoms. The SMILES string of the molecule is CCn1c(=NC(=O)c2cccs2)sc2c(OC)ccc(OC)c21. The maximum Gasteiger partial charge on any atom is 0.289 e. The lowest BCUT2D eigenvalue weighted by Gasteiger charge is -2.08. The van der Waals surface area contributed by atoms with Crippen LogP contribution in [-0.4, -0.2) is 24.7 Å². The summed E-state index contributed by atoms with van der Waals surface area (Å²) in [7, 11) is 3.26. The van der Waals surface area contributed by atoms with Gasteiger partial charge in [0.25, 0.3) is 5.91 Å². The number of aryl methyl sites for hydroxylation is 1. The van der Waals surface area contributed by atoms with Crippen molar-refractivity contribution in [1.82, 2.24) is 4.57 Å². The van der Waals surface area contributed by atoms with Crippen molar-refractivity contribution in [2.75, 3.05) is 14.2 Å². The van der Waals surface area contributed by atoms with Gasteiger partial charge in [-0.05, 0) is 30.5 Å². The molecule has 5 nitrogen and oxygen atoms in total. The summed E-state index contributed by atoms with van der Waals surface area (Å²) in [6.07, 6.45) is 0. The van der Waals surface area contributed by atoms with Gasteiger partial charge in [0.15, 0.2) is 4.80 Å². The summed E-state index contributed by atoms with van der Waals surface area (Å²) in [4.78, 5) is 17.9. The Morgan fingerprint density at radius 3 is 2.57 bits per heavy atom. The van der Waals surface area contributed by atoms with E-state index in [2.05, 4.69) is 4.99 Å². The first-order chi connectivity index (χ1) is 11.2. The molecule has 0 aliphatic heterocycles. The van der Waals surface area contributed by atoms with Gasteiger partial charge in [0, 0.05) is 6.54 Å². The zero-order valence-electron chi connectivity index (χ0n) is 13.0. The molecular formula is C16H16N2O3S2. The Morgan fingerprint density at radius 1 is 1.22 bits per heavy atom. The molecule has 0 aliphatic rings. The first-order valence-electron chi connectivity index (χ1n) is 7.06. The molecular weight excluding hydrogens is 332 g/mol. The number of aromatic nitrogens is 1. The van der Waals surface area contributed by atoms with Crippen LogP contribution in [0.25, 0.3) is 10.2 Å². The maximum atomic E-state index is 12.3. The Kier molecular flexibility index (Phi) is 4.49. The van der Waals surface area contributed by atoms with E-state index in [9.17, 15) is 4.79 Å². The van der Waals surface area contributed by atoms with E-state index in [4.69, 9.17) is 9.47 Å². The highest BCUT2D eigenvalue weighted by molar-refractivity contribution is 7.17. The smallest absolute Gasteiger partial charge is 0.289 e. The predicted octanol–water partition coefficient (Wildman–Crippen LogP) is 3.54. The van der Waals surface area contributed by atoms with Gasteiger partial charge in [0.2, 0.25) is 0 Å². The van der Waals surface area contributed by atoms with Crippen LogP contribution < -0.4 is 14.3 Å². The fourth-order valence-electron chi connectivity index (χ4n) is 2.38. The molecule has 7 heteroatoms. The van der Waals surface area contributed by atoms with Gasteiger partial charge >= 0.3 is 0 Å². The van der Waals surface area contributed by atoms with Gasteiger partial charge in [-0.15, -0.1) is 11.3 Å². The number of rotatable bonds is 4. The van der Waals surface area contributed by atoms with E-state index in [0.717, 1.165) is 21.7 Å². The number of nitrogens with zero attached hydrogens (tertiary/aromatic N) is 2. The zero-order chi connectivity index (χ0) is 16.4. The molecule has 0 bridgehead atoms. The number of methoxy groups -OCH3 is 2. The van der Waals surface area contributed by atoms with Gasteiger partial charge in [0.05, 0.1) is 19.1 Å². The number of hydrogen-bond donors (Lipinski definition) is 0. The first kappa shape index (κ1) is 15.8. The topological polar surface area (TPSA) is 52.8 Å². The Balaban J connectivity index is 2.27. The molecule has 0 aliphatic carbocycles. The van der Waals surface area contributed by atoms with Crippen LogP contribution in [-0.2, 0) is 6.54 Å². The summed E-state index contributed by atoms with van der Waals surface area (Å²) in [6.45, 7) is 2.69. The number of benzene rings is 1. The summed E-state index contributed by atoms with van der Waals surface area (Å²) >= 11 is 2.82. The highest BCUT2D eigenvalue weighted by Gasteiger charge is 2.16. The van der Waals surface area contributed by atoms with Gasteiger partial charge in [-0.1, -0.05) is 17.4 Å². The summed E-state index contributed by atoms with van der Waals surface area (Å²) in [5.41, 5.74) is 0.900. The number of carbonyl (C=O) groups excluding carboxylic acids is 1. The van der Waals surface area contributed by atoms with Gasteiger partial charge in [-0.25, -0.2) is 0 Å². The van der Waals surface area contributed by atoms with Gasteiger partial charge < -0.3 is 14.0 Å². The lowest BCUT2D eigenvalue weighted by molar-refractivity contribution is 0.100. The molecule has 23 heavy (non-hydrogen) atoms. The van der Waals surface area contributed by atoms with Crippen LogP contribution in [0.4, 0.5) is 0 Å². The quantitative estimate of drug-likeness (QED) is 0.725. The number of hydrogen-bond acceptors (Lipinski definition) is 5. The largest absolute Gasteiger partial charge is 0.495 e. The molecule has 3 aromatic rings. The van der Waals surface area contributed by atoms with Gasteiger partial charge in [-0.2, -0.15) is 4.99 Å². The number of ether oxygens (including phenoxy) is 2. The summed E-state index contributed by atoms with van der Waals surface area (Å²) in [6, 6.07) is 7.35. The van der Waals surface area contributed by atoms with E-state index in [1.54, 1.807) is 20.3 Å². The number of amides is 1.